The topological polar surface area (TPSA) is 15.3 Å². The Morgan fingerprint density at radius 2 is 2.00 bits per heavy atom. The molecule has 0 saturated carbocycles. The third-order valence-corrected chi connectivity index (χ3v) is 4.33. The van der Waals surface area contributed by atoms with Crippen LogP contribution in [0.4, 0.5) is 0 Å². The van der Waals surface area contributed by atoms with Gasteiger partial charge in [0.15, 0.2) is 0 Å². The van der Waals surface area contributed by atoms with Gasteiger partial charge in [0.1, 0.15) is 0 Å². The summed E-state index contributed by atoms with van der Waals surface area (Å²) in [5, 5.41) is 4.29. The standard InChI is InChI=1S/C15H23ClN2.ClH/c1-3-12-5-4-6-15(16)14(12)11-18-9-7-13(17-2)8-10-18;/h4-6,13,17H,3,7-11H2,1-2H3;1H. The molecule has 2 nitrogen and oxygen atoms in total. The summed E-state index contributed by atoms with van der Waals surface area (Å²) in [5.41, 5.74) is 2.71. The number of nitrogens with zero attached hydrogens (tertiary/aromatic N) is 1. The summed E-state index contributed by atoms with van der Waals surface area (Å²) in [6.45, 7) is 5.53. The Hall–Kier alpha value is -0.280. The second-order valence-electron chi connectivity index (χ2n) is 5.07. The van der Waals surface area contributed by atoms with Gasteiger partial charge in [0.2, 0.25) is 0 Å². The number of halogens is 2. The maximum absolute atomic E-state index is 6.34. The van der Waals surface area contributed by atoms with Gasteiger partial charge in [0.05, 0.1) is 0 Å². The second-order valence-corrected chi connectivity index (χ2v) is 5.48. The minimum Gasteiger partial charge on any atom is -0.317 e. The van der Waals surface area contributed by atoms with Crippen LogP contribution in [0.1, 0.15) is 30.9 Å². The number of benzene rings is 1. The van der Waals surface area contributed by atoms with Gasteiger partial charge in [-0.15, -0.1) is 12.4 Å². The Balaban J connectivity index is 0.00000180. The first-order valence-electron chi connectivity index (χ1n) is 6.90. The van der Waals surface area contributed by atoms with E-state index in [9.17, 15) is 0 Å². The highest BCUT2D eigenvalue weighted by molar-refractivity contribution is 6.31. The van der Waals surface area contributed by atoms with Crippen molar-refractivity contribution < 1.29 is 0 Å². The molecule has 1 saturated heterocycles. The van der Waals surface area contributed by atoms with Crippen LogP contribution in [0.25, 0.3) is 0 Å². The molecular weight excluding hydrogens is 279 g/mol. The van der Waals surface area contributed by atoms with Crippen molar-refractivity contribution >= 4 is 24.0 Å². The summed E-state index contributed by atoms with van der Waals surface area (Å²) < 4.78 is 0. The fraction of sp³-hybridized carbons (Fsp3) is 0.600. The minimum absolute atomic E-state index is 0. The molecule has 2 rings (SSSR count). The van der Waals surface area contributed by atoms with Crippen molar-refractivity contribution in [1.82, 2.24) is 10.2 Å². The average Bonchev–Trinajstić information content (AvgIpc) is 2.42. The van der Waals surface area contributed by atoms with Crippen molar-refractivity contribution in [3.05, 3.63) is 34.3 Å². The van der Waals surface area contributed by atoms with E-state index >= 15 is 0 Å². The van der Waals surface area contributed by atoms with Crippen molar-refractivity contribution in [3.63, 3.8) is 0 Å². The van der Waals surface area contributed by atoms with E-state index in [4.69, 9.17) is 11.6 Å². The average molecular weight is 303 g/mol. The third-order valence-electron chi connectivity index (χ3n) is 3.97. The first-order valence-corrected chi connectivity index (χ1v) is 7.28. The minimum atomic E-state index is 0. The molecule has 0 unspecified atom stereocenters. The highest BCUT2D eigenvalue weighted by Gasteiger charge is 2.19. The van der Waals surface area contributed by atoms with E-state index in [1.165, 1.54) is 37.1 Å². The molecule has 108 valence electrons. The van der Waals surface area contributed by atoms with Crippen LogP contribution in [0.2, 0.25) is 5.02 Å². The van der Waals surface area contributed by atoms with Crippen LogP contribution >= 0.6 is 24.0 Å². The van der Waals surface area contributed by atoms with Crippen LogP contribution in [0, 0.1) is 0 Å². The fourth-order valence-corrected chi connectivity index (χ4v) is 2.97. The van der Waals surface area contributed by atoms with Gasteiger partial charge in [-0.1, -0.05) is 30.7 Å². The highest BCUT2D eigenvalue weighted by atomic mass is 35.5. The summed E-state index contributed by atoms with van der Waals surface area (Å²) in [4.78, 5) is 2.52. The van der Waals surface area contributed by atoms with E-state index in [2.05, 4.69) is 36.3 Å². The lowest BCUT2D eigenvalue weighted by Crippen LogP contribution is -2.40. The van der Waals surface area contributed by atoms with Gasteiger partial charge >= 0.3 is 0 Å². The molecule has 1 aromatic rings. The molecule has 0 aliphatic carbocycles. The fourth-order valence-electron chi connectivity index (χ4n) is 2.71. The first-order chi connectivity index (χ1) is 8.74. The predicted octanol–water partition coefficient (Wildman–Crippen LogP) is 3.51. The predicted molar refractivity (Wildman–Crippen MR) is 85.4 cm³/mol. The Morgan fingerprint density at radius 3 is 2.58 bits per heavy atom. The molecule has 1 fully saturated rings. The lowest BCUT2D eigenvalue weighted by Gasteiger charge is -2.32. The van der Waals surface area contributed by atoms with E-state index in [0.29, 0.717) is 6.04 Å². The normalized spacial score (nSPS) is 17.2. The summed E-state index contributed by atoms with van der Waals surface area (Å²) in [7, 11) is 2.06. The van der Waals surface area contributed by atoms with Gasteiger partial charge in [-0.25, -0.2) is 0 Å². The van der Waals surface area contributed by atoms with Crippen molar-refractivity contribution in [2.45, 2.75) is 38.8 Å². The van der Waals surface area contributed by atoms with Crippen LogP contribution in [-0.2, 0) is 13.0 Å². The van der Waals surface area contributed by atoms with Crippen LogP contribution in [0.3, 0.4) is 0 Å². The number of likely N-dealkylation sites (tertiary alicyclic amines) is 1. The number of aryl methyl sites for hydroxylation is 1. The molecule has 0 radical (unpaired) electrons. The summed E-state index contributed by atoms with van der Waals surface area (Å²) in [6.07, 6.45) is 3.54. The molecule has 0 amide bonds. The van der Waals surface area contributed by atoms with Gasteiger partial charge in [-0.3, -0.25) is 4.90 Å². The molecule has 0 bridgehead atoms. The van der Waals surface area contributed by atoms with Gasteiger partial charge in [0, 0.05) is 17.6 Å². The van der Waals surface area contributed by atoms with Crippen LogP contribution in [0.5, 0.6) is 0 Å². The number of hydrogen-bond acceptors (Lipinski definition) is 2. The highest BCUT2D eigenvalue weighted by Crippen LogP contribution is 2.24. The number of rotatable bonds is 4. The summed E-state index contributed by atoms with van der Waals surface area (Å²) in [5.74, 6) is 0. The second kappa shape index (κ2) is 8.11. The van der Waals surface area contributed by atoms with Gasteiger partial charge in [-0.2, -0.15) is 0 Å². The molecule has 1 aliphatic heterocycles. The largest absolute Gasteiger partial charge is 0.317 e. The molecule has 1 aromatic carbocycles. The molecule has 1 heterocycles. The van der Waals surface area contributed by atoms with Gasteiger partial charge in [0.25, 0.3) is 0 Å². The monoisotopic (exact) mass is 302 g/mol. The number of nitrogens with one attached hydrogen (secondary N) is 1. The first kappa shape index (κ1) is 16.8. The molecular formula is C15H24Cl2N2. The molecule has 0 aromatic heterocycles. The van der Waals surface area contributed by atoms with Crippen molar-refractivity contribution in [2.24, 2.45) is 0 Å². The maximum Gasteiger partial charge on any atom is 0.0453 e. The molecule has 1 N–H and O–H groups in total. The maximum atomic E-state index is 6.34. The van der Waals surface area contributed by atoms with E-state index in [1.807, 2.05) is 6.07 Å². The van der Waals surface area contributed by atoms with Crippen LogP contribution < -0.4 is 5.32 Å². The Labute approximate surface area is 127 Å². The SMILES string of the molecule is CCc1cccc(Cl)c1CN1CCC(NC)CC1.Cl. The lowest BCUT2D eigenvalue weighted by molar-refractivity contribution is 0.194. The van der Waals surface area contributed by atoms with Gasteiger partial charge in [-0.05, 0) is 56.6 Å². The molecule has 0 spiro atoms. The smallest absolute Gasteiger partial charge is 0.0453 e. The van der Waals surface area contributed by atoms with E-state index < -0.39 is 0 Å². The van der Waals surface area contributed by atoms with Crippen LogP contribution in [-0.4, -0.2) is 31.1 Å². The van der Waals surface area contributed by atoms with Crippen molar-refractivity contribution in [2.75, 3.05) is 20.1 Å². The zero-order valence-electron chi connectivity index (χ0n) is 11.8. The lowest BCUT2D eigenvalue weighted by atomic mass is 10.0. The van der Waals surface area contributed by atoms with E-state index in [1.54, 1.807) is 0 Å². The summed E-state index contributed by atoms with van der Waals surface area (Å²) in [6, 6.07) is 6.95. The number of piperidine rings is 1. The van der Waals surface area contributed by atoms with Crippen LogP contribution in [0.15, 0.2) is 18.2 Å². The molecule has 4 heteroatoms. The Morgan fingerprint density at radius 1 is 1.32 bits per heavy atom. The van der Waals surface area contributed by atoms with E-state index in [-0.39, 0.29) is 12.4 Å². The Kier molecular flexibility index (Phi) is 7.16. The zero-order chi connectivity index (χ0) is 13.0. The van der Waals surface area contributed by atoms with Crippen molar-refractivity contribution in [3.8, 4) is 0 Å². The summed E-state index contributed by atoms with van der Waals surface area (Å²) >= 11 is 6.34. The van der Waals surface area contributed by atoms with Gasteiger partial charge < -0.3 is 5.32 Å². The zero-order valence-corrected chi connectivity index (χ0v) is 13.4. The number of hydrogen-bond donors (Lipinski definition) is 1. The third kappa shape index (κ3) is 4.35. The molecule has 0 atom stereocenters. The van der Waals surface area contributed by atoms with Crippen molar-refractivity contribution in [1.29, 1.82) is 0 Å². The Bertz CT molecular complexity index is 388. The van der Waals surface area contributed by atoms with E-state index in [0.717, 1.165) is 18.0 Å². The molecule has 1 aliphatic rings. The molecule has 19 heavy (non-hydrogen) atoms. The quantitative estimate of drug-likeness (QED) is 0.915.